The first-order valence-electron chi connectivity index (χ1n) is 5.37. The minimum atomic E-state index is -1.03. The van der Waals surface area contributed by atoms with Crippen LogP contribution in [0.25, 0.3) is 0 Å². The van der Waals surface area contributed by atoms with Crippen molar-refractivity contribution in [2.24, 2.45) is 0 Å². The van der Waals surface area contributed by atoms with E-state index in [0.717, 1.165) is 5.56 Å². The van der Waals surface area contributed by atoms with Gasteiger partial charge in [-0.1, -0.05) is 30.3 Å². The van der Waals surface area contributed by atoms with Gasteiger partial charge in [-0.2, -0.15) is 0 Å². The maximum Gasteiger partial charge on any atom is 0.0888 e. The molecule has 0 aliphatic rings. The third-order valence-corrected chi connectivity index (χ3v) is 3.47. The van der Waals surface area contributed by atoms with E-state index in [1.807, 2.05) is 37.3 Å². The van der Waals surface area contributed by atoms with Crippen LogP contribution in [0.1, 0.15) is 12.5 Å². The van der Waals surface area contributed by atoms with Crippen molar-refractivity contribution in [2.75, 3.05) is 19.0 Å². The molecule has 1 aromatic carbocycles. The van der Waals surface area contributed by atoms with Crippen molar-refractivity contribution >= 4 is 10.8 Å². The van der Waals surface area contributed by atoms with Crippen molar-refractivity contribution in [1.82, 2.24) is 0 Å². The minimum absolute atomic E-state index is 0.261. The van der Waals surface area contributed by atoms with Crippen molar-refractivity contribution in [3.05, 3.63) is 35.9 Å². The highest BCUT2D eigenvalue weighted by atomic mass is 32.2. The Hall–Kier alpha value is -0.710. The summed E-state index contributed by atoms with van der Waals surface area (Å²) in [5.41, 5.74) is 1.03. The van der Waals surface area contributed by atoms with Crippen molar-refractivity contribution in [1.29, 1.82) is 0 Å². The topological polar surface area (TPSA) is 46.5 Å². The summed E-state index contributed by atoms with van der Waals surface area (Å²) in [6.07, 6.45) is -0.635. The van der Waals surface area contributed by atoms with Gasteiger partial charge in [0.1, 0.15) is 0 Å². The van der Waals surface area contributed by atoms with E-state index in [-0.39, 0.29) is 12.4 Å². The van der Waals surface area contributed by atoms with Gasteiger partial charge in [0.25, 0.3) is 0 Å². The molecule has 0 aromatic heterocycles. The van der Waals surface area contributed by atoms with Crippen LogP contribution in [0.2, 0.25) is 0 Å². The Morgan fingerprint density at radius 1 is 1.38 bits per heavy atom. The van der Waals surface area contributed by atoms with Crippen LogP contribution in [0.3, 0.4) is 0 Å². The van der Waals surface area contributed by atoms with Crippen molar-refractivity contribution in [3.63, 3.8) is 0 Å². The zero-order valence-corrected chi connectivity index (χ0v) is 10.3. The Bertz CT molecular complexity index is 313. The molecule has 0 saturated carbocycles. The minimum Gasteiger partial charge on any atom is -0.390 e. The lowest BCUT2D eigenvalue weighted by molar-refractivity contribution is 0.0547. The van der Waals surface area contributed by atoms with E-state index in [4.69, 9.17) is 4.74 Å². The summed E-state index contributed by atoms with van der Waals surface area (Å²) in [6.45, 7) is 2.70. The molecule has 1 aromatic rings. The molecular formula is C12H18O3S. The van der Waals surface area contributed by atoms with Gasteiger partial charge in [0.05, 0.1) is 18.5 Å². The average Bonchev–Trinajstić information content (AvgIpc) is 2.27. The fourth-order valence-corrected chi connectivity index (χ4v) is 2.54. The number of rotatable bonds is 7. The molecule has 2 atom stereocenters. The smallest absolute Gasteiger partial charge is 0.0888 e. The van der Waals surface area contributed by atoms with Gasteiger partial charge >= 0.3 is 0 Å². The first kappa shape index (κ1) is 13.4. The zero-order chi connectivity index (χ0) is 11.8. The summed E-state index contributed by atoms with van der Waals surface area (Å²) in [4.78, 5) is 0. The quantitative estimate of drug-likeness (QED) is 0.784. The molecule has 0 amide bonds. The predicted molar refractivity (Wildman–Crippen MR) is 65.7 cm³/mol. The Morgan fingerprint density at radius 3 is 2.69 bits per heavy atom. The van der Waals surface area contributed by atoms with Crippen LogP contribution in [0, 0.1) is 0 Å². The first-order chi connectivity index (χ1) is 7.72. The van der Waals surface area contributed by atoms with E-state index in [2.05, 4.69) is 0 Å². The molecule has 1 N–H and O–H groups in total. The molecule has 16 heavy (non-hydrogen) atoms. The molecule has 0 fully saturated rings. The van der Waals surface area contributed by atoms with Gasteiger partial charge in [-0.3, -0.25) is 4.21 Å². The lowest BCUT2D eigenvalue weighted by Gasteiger charge is -2.09. The van der Waals surface area contributed by atoms with Crippen LogP contribution >= 0.6 is 0 Å². The molecule has 0 saturated heterocycles. The summed E-state index contributed by atoms with van der Waals surface area (Å²) in [5.74, 6) is 0.763. The second kappa shape index (κ2) is 7.54. The van der Waals surface area contributed by atoms with Gasteiger partial charge in [0.15, 0.2) is 0 Å². The van der Waals surface area contributed by atoms with Gasteiger partial charge in [-0.25, -0.2) is 0 Å². The molecule has 1 rings (SSSR count). The number of benzene rings is 1. The Balaban J connectivity index is 2.31. The van der Waals surface area contributed by atoms with Crippen LogP contribution in [0.15, 0.2) is 30.3 Å². The fraction of sp³-hybridized carbons (Fsp3) is 0.500. The van der Waals surface area contributed by atoms with Gasteiger partial charge < -0.3 is 9.84 Å². The zero-order valence-electron chi connectivity index (χ0n) is 9.46. The first-order valence-corrected chi connectivity index (χ1v) is 6.86. The van der Waals surface area contributed by atoms with Gasteiger partial charge in [-0.15, -0.1) is 0 Å². The summed E-state index contributed by atoms with van der Waals surface area (Å²) in [5, 5.41) is 9.51. The maximum atomic E-state index is 11.7. The summed E-state index contributed by atoms with van der Waals surface area (Å²) in [7, 11) is -1.03. The lowest BCUT2D eigenvalue weighted by atomic mass is 10.2. The van der Waals surface area contributed by atoms with Crippen LogP contribution < -0.4 is 0 Å². The van der Waals surface area contributed by atoms with Crippen LogP contribution in [0.5, 0.6) is 0 Å². The highest BCUT2D eigenvalue weighted by Gasteiger charge is 2.09. The highest BCUT2D eigenvalue weighted by molar-refractivity contribution is 7.84. The van der Waals surface area contributed by atoms with Gasteiger partial charge in [0.2, 0.25) is 0 Å². The summed E-state index contributed by atoms with van der Waals surface area (Å²) < 4.78 is 16.7. The Labute approximate surface area is 98.9 Å². The highest BCUT2D eigenvalue weighted by Crippen LogP contribution is 2.04. The van der Waals surface area contributed by atoms with E-state index in [1.54, 1.807) is 0 Å². The van der Waals surface area contributed by atoms with E-state index >= 15 is 0 Å². The fourth-order valence-electron chi connectivity index (χ4n) is 1.34. The largest absolute Gasteiger partial charge is 0.390 e. The molecule has 90 valence electrons. The molecule has 0 unspecified atom stereocenters. The molecule has 0 radical (unpaired) electrons. The number of ether oxygens (including phenoxy) is 1. The van der Waals surface area contributed by atoms with Crippen LogP contribution in [-0.4, -0.2) is 34.4 Å². The molecular weight excluding hydrogens is 224 g/mol. The SMILES string of the molecule is CCOC[C@H](O)C[S@@](=O)Cc1ccccc1. The van der Waals surface area contributed by atoms with E-state index in [1.165, 1.54) is 0 Å². The predicted octanol–water partition coefficient (Wildman–Crippen LogP) is 1.33. The summed E-state index contributed by atoms with van der Waals surface area (Å²) in [6, 6.07) is 9.64. The second-order valence-corrected chi connectivity index (χ2v) is 5.05. The number of hydrogen-bond acceptors (Lipinski definition) is 3. The Morgan fingerprint density at radius 2 is 2.06 bits per heavy atom. The number of hydrogen-bond donors (Lipinski definition) is 1. The third-order valence-electron chi connectivity index (χ3n) is 2.06. The van der Waals surface area contributed by atoms with Gasteiger partial charge in [-0.05, 0) is 12.5 Å². The molecule has 4 heteroatoms. The monoisotopic (exact) mass is 242 g/mol. The molecule has 3 nitrogen and oxygen atoms in total. The molecule has 0 aliphatic carbocycles. The van der Waals surface area contributed by atoms with Crippen LogP contribution in [0.4, 0.5) is 0 Å². The van der Waals surface area contributed by atoms with E-state index < -0.39 is 16.9 Å². The number of aliphatic hydroxyl groups excluding tert-OH is 1. The van der Waals surface area contributed by atoms with Gasteiger partial charge in [0, 0.05) is 23.2 Å². The van der Waals surface area contributed by atoms with Crippen molar-refractivity contribution < 1.29 is 14.1 Å². The maximum absolute atomic E-state index is 11.7. The molecule has 0 aliphatic heterocycles. The lowest BCUT2D eigenvalue weighted by Crippen LogP contribution is -2.23. The number of aliphatic hydroxyl groups is 1. The molecule has 0 bridgehead atoms. The molecule has 0 spiro atoms. The average molecular weight is 242 g/mol. The molecule has 0 heterocycles. The third kappa shape index (κ3) is 5.39. The standard InChI is InChI=1S/C12H18O3S/c1-2-15-8-12(13)10-16(14)9-11-6-4-3-5-7-11/h3-7,12-13H,2,8-10H2,1H3/t12-,16-/m0/s1. The van der Waals surface area contributed by atoms with Crippen LogP contribution in [-0.2, 0) is 21.3 Å². The van der Waals surface area contributed by atoms with Crippen molar-refractivity contribution in [3.8, 4) is 0 Å². The van der Waals surface area contributed by atoms with E-state index in [9.17, 15) is 9.32 Å². The second-order valence-electron chi connectivity index (χ2n) is 3.55. The van der Waals surface area contributed by atoms with Crippen molar-refractivity contribution in [2.45, 2.75) is 18.8 Å². The van der Waals surface area contributed by atoms with E-state index in [0.29, 0.717) is 12.4 Å². The normalized spacial score (nSPS) is 14.6. The Kier molecular flexibility index (Phi) is 6.30. The summed E-state index contributed by atoms with van der Waals surface area (Å²) >= 11 is 0.